The molecule has 5 nitrogen and oxygen atoms in total. The van der Waals surface area contributed by atoms with E-state index < -0.39 is 18.0 Å². The summed E-state index contributed by atoms with van der Waals surface area (Å²) >= 11 is 5.56. The van der Waals surface area contributed by atoms with Gasteiger partial charge in [0.25, 0.3) is 0 Å². The average Bonchev–Trinajstić information content (AvgIpc) is 2.98. The van der Waals surface area contributed by atoms with E-state index in [1.807, 2.05) is 0 Å². The highest BCUT2D eigenvalue weighted by Crippen LogP contribution is 2.20. The molecule has 1 unspecified atom stereocenters. The van der Waals surface area contributed by atoms with E-state index in [4.69, 9.17) is 16.4 Å². The van der Waals surface area contributed by atoms with E-state index in [2.05, 4.69) is 10.8 Å². The molecule has 1 aromatic carbocycles. The van der Waals surface area contributed by atoms with Gasteiger partial charge in [-0.2, -0.15) is 0 Å². The van der Waals surface area contributed by atoms with E-state index >= 15 is 0 Å². The summed E-state index contributed by atoms with van der Waals surface area (Å²) in [6.45, 7) is -0.0546. The van der Waals surface area contributed by atoms with Gasteiger partial charge in [-0.05, 0) is 30.5 Å². The highest BCUT2D eigenvalue weighted by Gasteiger charge is 2.17. The predicted molar refractivity (Wildman–Crippen MR) is 76.2 cm³/mol. The van der Waals surface area contributed by atoms with Gasteiger partial charge in [0.2, 0.25) is 0 Å². The maximum Gasteiger partial charge on any atom is 0.338 e. The Bertz CT molecular complexity index is 495. The minimum Gasteiger partial charge on any atom is -0.387 e. The van der Waals surface area contributed by atoms with Gasteiger partial charge < -0.3 is 10.4 Å². The van der Waals surface area contributed by atoms with Gasteiger partial charge in [-0.15, -0.1) is 0 Å². The van der Waals surface area contributed by atoms with Gasteiger partial charge in [-0.3, -0.25) is 4.84 Å². The fraction of sp³-hybridized carbons (Fsp3) is 0.500. The molecular weight excluding hydrogens is 299 g/mol. The van der Waals surface area contributed by atoms with Crippen LogP contribution in [0.2, 0.25) is 5.02 Å². The zero-order valence-corrected chi connectivity index (χ0v) is 12.2. The predicted octanol–water partition coefficient (Wildman–Crippen LogP) is 2.69. The molecule has 1 saturated carbocycles. The molecule has 0 bridgehead atoms. The lowest BCUT2D eigenvalue weighted by atomic mass is 10.1. The SMILES string of the molecule is O=C(NCC(O)c1ccc(Cl)c(F)c1)NOC1CCCC1. The molecular formula is C14H18ClFN2O3. The number of benzene rings is 1. The number of rotatable bonds is 5. The van der Waals surface area contributed by atoms with Gasteiger partial charge in [0.1, 0.15) is 5.82 Å². The van der Waals surface area contributed by atoms with E-state index in [0.29, 0.717) is 5.56 Å². The zero-order chi connectivity index (χ0) is 15.2. The molecule has 0 aromatic heterocycles. The number of hydrogen-bond acceptors (Lipinski definition) is 3. The van der Waals surface area contributed by atoms with Crippen molar-refractivity contribution in [3.8, 4) is 0 Å². The van der Waals surface area contributed by atoms with Crippen molar-refractivity contribution >= 4 is 17.6 Å². The number of aliphatic hydroxyl groups excluding tert-OH is 1. The van der Waals surface area contributed by atoms with Crippen molar-refractivity contribution in [3.05, 3.63) is 34.6 Å². The van der Waals surface area contributed by atoms with Crippen LogP contribution in [0.4, 0.5) is 9.18 Å². The third kappa shape index (κ3) is 4.84. The summed E-state index contributed by atoms with van der Waals surface area (Å²) in [5.74, 6) is -0.609. The van der Waals surface area contributed by atoms with Crippen molar-refractivity contribution < 1.29 is 19.1 Å². The molecule has 2 amide bonds. The van der Waals surface area contributed by atoms with Crippen LogP contribution < -0.4 is 10.8 Å². The molecule has 1 aromatic rings. The summed E-state index contributed by atoms with van der Waals surface area (Å²) in [5, 5.41) is 12.3. The third-order valence-electron chi connectivity index (χ3n) is 3.40. The first-order chi connectivity index (χ1) is 10.1. The van der Waals surface area contributed by atoms with Crippen molar-refractivity contribution in [2.24, 2.45) is 0 Å². The number of halogens is 2. The van der Waals surface area contributed by atoms with Crippen molar-refractivity contribution in [1.82, 2.24) is 10.8 Å². The van der Waals surface area contributed by atoms with Crippen molar-refractivity contribution in [3.63, 3.8) is 0 Å². The Morgan fingerprint density at radius 2 is 2.19 bits per heavy atom. The van der Waals surface area contributed by atoms with Gasteiger partial charge in [0.15, 0.2) is 0 Å². The molecule has 2 rings (SSSR count). The lowest BCUT2D eigenvalue weighted by Crippen LogP contribution is -2.39. The maximum atomic E-state index is 13.3. The van der Waals surface area contributed by atoms with Gasteiger partial charge in [-0.1, -0.05) is 30.5 Å². The summed E-state index contributed by atoms with van der Waals surface area (Å²) in [7, 11) is 0. The van der Waals surface area contributed by atoms with Crippen LogP contribution in [0, 0.1) is 5.82 Å². The number of urea groups is 1. The minimum absolute atomic E-state index is 0.0124. The third-order valence-corrected chi connectivity index (χ3v) is 3.71. The molecule has 7 heteroatoms. The van der Waals surface area contributed by atoms with Gasteiger partial charge >= 0.3 is 6.03 Å². The van der Waals surface area contributed by atoms with Crippen LogP contribution in [-0.2, 0) is 4.84 Å². The Balaban J connectivity index is 1.73. The Morgan fingerprint density at radius 3 is 2.86 bits per heavy atom. The normalized spacial score (nSPS) is 16.7. The van der Waals surface area contributed by atoms with E-state index in [9.17, 15) is 14.3 Å². The van der Waals surface area contributed by atoms with Gasteiger partial charge in [-0.25, -0.2) is 14.7 Å². The molecule has 0 spiro atoms. The molecule has 1 atom stereocenters. The Morgan fingerprint density at radius 1 is 1.48 bits per heavy atom. The summed E-state index contributed by atoms with van der Waals surface area (Å²) in [5.41, 5.74) is 2.64. The first-order valence-electron chi connectivity index (χ1n) is 6.89. The second kappa shape index (κ2) is 7.59. The quantitative estimate of drug-likeness (QED) is 0.731. The molecule has 1 fully saturated rings. The largest absolute Gasteiger partial charge is 0.387 e. The summed E-state index contributed by atoms with van der Waals surface area (Å²) in [6.07, 6.45) is 3.13. The smallest absolute Gasteiger partial charge is 0.338 e. The van der Waals surface area contributed by atoms with Crippen LogP contribution in [-0.4, -0.2) is 23.8 Å². The Hall–Kier alpha value is -1.37. The van der Waals surface area contributed by atoms with Crippen LogP contribution in [0.25, 0.3) is 0 Å². The summed E-state index contributed by atoms with van der Waals surface area (Å²) < 4.78 is 13.3. The number of carbonyl (C=O) groups is 1. The Kier molecular flexibility index (Phi) is 5.78. The summed E-state index contributed by atoms with van der Waals surface area (Å²) in [6, 6.07) is 3.47. The number of carbonyl (C=O) groups excluding carboxylic acids is 1. The standard InChI is InChI=1S/C14H18ClFN2O3/c15-11-6-5-9(7-12(11)16)13(19)8-17-14(20)18-21-10-3-1-2-4-10/h5-7,10,13,19H,1-4,8H2,(H2,17,18,20). The molecule has 0 radical (unpaired) electrons. The Labute approximate surface area is 127 Å². The second-order valence-electron chi connectivity index (χ2n) is 5.03. The van der Waals surface area contributed by atoms with E-state index in [0.717, 1.165) is 31.7 Å². The number of nitrogens with one attached hydrogen (secondary N) is 2. The maximum absolute atomic E-state index is 13.3. The molecule has 1 aliphatic rings. The monoisotopic (exact) mass is 316 g/mol. The molecule has 1 aliphatic carbocycles. The van der Waals surface area contributed by atoms with Crippen LogP contribution in [0.3, 0.4) is 0 Å². The molecule has 0 aliphatic heterocycles. The number of aliphatic hydroxyl groups is 1. The minimum atomic E-state index is -1.02. The molecule has 0 saturated heterocycles. The van der Waals surface area contributed by atoms with Crippen LogP contribution >= 0.6 is 11.6 Å². The fourth-order valence-corrected chi connectivity index (χ4v) is 2.32. The van der Waals surface area contributed by atoms with E-state index in [1.165, 1.54) is 12.1 Å². The second-order valence-corrected chi connectivity index (χ2v) is 5.43. The highest BCUT2D eigenvalue weighted by molar-refractivity contribution is 6.30. The first kappa shape index (κ1) is 16.0. The van der Waals surface area contributed by atoms with Gasteiger partial charge in [0.05, 0.1) is 17.2 Å². The van der Waals surface area contributed by atoms with E-state index in [-0.39, 0.29) is 17.7 Å². The molecule has 3 N–H and O–H groups in total. The van der Waals surface area contributed by atoms with Crippen LogP contribution in [0.5, 0.6) is 0 Å². The van der Waals surface area contributed by atoms with E-state index in [1.54, 1.807) is 0 Å². The first-order valence-corrected chi connectivity index (χ1v) is 7.26. The lowest BCUT2D eigenvalue weighted by molar-refractivity contribution is -0.000418. The number of amides is 2. The van der Waals surface area contributed by atoms with Crippen molar-refractivity contribution in [2.75, 3.05) is 6.54 Å². The van der Waals surface area contributed by atoms with Gasteiger partial charge in [0, 0.05) is 6.54 Å². The van der Waals surface area contributed by atoms with Crippen LogP contribution in [0.15, 0.2) is 18.2 Å². The highest BCUT2D eigenvalue weighted by atomic mass is 35.5. The fourth-order valence-electron chi connectivity index (χ4n) is 2.21. The number of hydrogen-bond donors (Lipinski definition) is 3. The zero-order valence-electron chi connectivity index (χ0n) is 11.4. The number of hydroxylamine groups is 1. The van der Waals surface area contributed by atoms with Crippen molar-refractivity contribution in [2.45, 2.75) is 37.9 Å². The molecule has 21 heavy (non-hydrogen) atoms. The van der Waals surface area contributed by atoms with Crippen molar-refractivity contribution in [1.29, 1.82) is 0 Å². The molecule has 116 valence electrons. The summed E-state index contributed by atoms with van der Waals surface area (Å²) in [4.78, 5) is 16.7. The molecule has 0 heterocycles. The average molecular weight is 317 g/mol. The van der Waals surface area contributed by atoms with Crippen LogP contribution in [0.1, 0.15) is 37.4 Å². The lowest BCUT2D eigenvalue weighted by Gasteiger charge is -2.15. The topological polar surface area (TPSA) is 70.6 Å².